The molecule has 20 heavy (non-hydrogen) atoms. The van der Waals surface area contributed by atoms with Crippen LogP contribution in [0.5, 0.6) is 0 Å². The molecule has 0 aromatic heterocycles. The van der Waals surface area contributed by atoms with Crippen LogP contribution in [0.1, 0.15) is 51.0 Å². The van der Waals surface area contributed by atoms with Crippen molar-refractivity contribution in [3.8, 4) is 0 Å². The fourth-order valence-corrected chi connectivity index (χ4v) is 3.98. The highest BCUT2D eigenvalue weighted by atomic mass is 32.2. The number of benzene rings is 1. The molecule has 2 rings (SSSR count). The van der Waals surface area contributed by atoms with Crippen molar-refractivity contribution >= 4 is 11.8 Å². The van der Waals surface area contributed by atoms with E-state index in [1.54, 1.807) is 0 Å². The lowest BCUT2D eigenvalue weighted by molar-refractivity contribution is 0.352. The third-order valence-electron chi connectivity index (χ3n) is 4.67. The predicted octanol–water partition coefficient (Wildman–Crippen LogP) is 4.69. The highest BCUT2D eigenvalue weighted by molar-refractivity contribution is 7.99. The van der Waals surface area contributed by atoms with Gasteiger partial charge in [-0.1, -0.05) is 44.2 Å². The Balaban J connectivity index is 1.84. The summed E-state index contributed by atoms with van der Waals surface area (Å²) in [6.45, 7) is 5.80. The Labute approximate surface area is 128 Å². The van der Waals surface area contributed by atoms with Crippen LogP contribution in [-0.2, 0) is 0 Å². The van der Waals surface area contributed by atoms with Crippen molar-refractivity contribution in [2.45, 2.75) is 56.7 Å². The lowest BCUT2D eigenvalue weighted by Gasteiger charge is -2.30. The van der Waals surface area contributed by atoms with Gasteiger partial charge in [-0.2, -0.15) is 11.8 Å². The number of hydrogen-bond acceptors (Lipinski definition) is 2. The Bertz CT molecular complexity index is 368. The molecule has 2 heteroatoms. The molecule has 0 amide bonds. The van der Waals surface area contributed by atoms with E-state index in [4.69, 9.17) is 0 Å². The molecule has 0 radical (unpaired) electrons. The van der Waals surface area contributed by atoms with Crippen LogP contribution in [0.4, 0.5) is 0 Å². The van der Waals surface area contributed by atoms with Crippen molar-refractivity contribution in [1.29, 1.82) is 0 Å². The average Bonchev–Trinajstić information content (AvgIpc) is 2.49. The molecule has 1 atom stereocenters. The zero-order chi connectivity index (χ0) is 14.4. The predicted molar refractivity (Wildman–Crippen MR) is 91.6 cm³/mol. The molecule has 1 aliphatic rings. The summed E-state index contributed by atoms with van der Waals surface area (Å²) in [5.41, 5.74) is 1.48. The molecule has 1 fully saturated rings. The number of rotatable bonds is 6. The zero-order valence-electron chi connectivity index (χ0n) is 13.1. The van der Waals surface area contributed by atoms with E-state index in [1.807, 2.05) is 11.8 Å². The van der Waals surface area contributed by atoms with E-state index in [0.717, 1.165) is 17.8 Å². The van der Waals surface area contributed by atoms with Gasteiger partial charge in [-0.3, -0.25) is 0 Å². The van der Waals surface area contributed by atoms with Gasteiger partial charge in [-0.25, -0.2) is 0 Å². The molecule has 112 valence electrons. The van der Waals surface area contributed by atoms with Crippen LogP contribution in [0.25, 0.3) is 0 Å². The van der Waals surface area contributed by atoms with Gasteiger partial charge in [0.25, 0.3) is 0 Å². The first kappa shape index (κ1) is 15.9. The summed E-state index contributed by atoms with van der Waals surface area (Å²) in [6, 6.07) is 11.7. The summed E-state index contributed by atoms with van der Waals surface area (Å²) in [7, 11) is 0. The van der Waals surface area contributed by atoms with E-state index in [0.29, 0.717) is 11.8 Å². The minimum atomic E-state index is 0.634. The lowest BCUT2D eigenvalue weighted by atomic mass is 9.87. The molecular weight excluding hydrogens is 262 g/mol. The van der Waals surface area contributed by atoms with Gasteiger partial charge in [0.05, 0.1) is 0 Å². The van der Waals surface area contributed by atoms with Gasteiger partial charge in [0, 0.05) is 17.8 Å². The molecule has 1 unspecified atom stereocenters. The standard InChI is InChI=1S/C18H29NS/c1-14(2)18(15-7-5-4-6-8-15)13-19-16-9-11-17(20-3)12-10-16/h4-8,14,16-19H,9-13H2,1-3H3. The van der Waals surface area contributed by atoms with Crippen LogP contribution in [0.2, 0.25) is 0 Å². The van der Waals surface area contributed by atoms with Gasteiger partial charge in [-0.15, -0.1) is 0 Å². The number of nitrogens with one attached hydrogen (secondary N) is 1. The summed E-state index contributed by atoms with van der Waals surface area (Å²) >= 11 is 2.05. The van der Waals surface area contributed by atoms with Crippen molar-refractivity contribution in [1.82, 2.24) is 5.32 Å². The van der Waals surface area contributed by atoms with E-state index in [-0.39, 0.29) is 0 Å². The molecule has 0 aliphatic heterocycles. The zero-order valence-corrected chi connectivity index (χ0v) is 14.0. The minimum absolute atomic E-state index is 0.634. The van der Waals surface area contributed by atoms with Gasteiger partial charge >= 0.3 is 0 Å². The molecule has 1 nitrogen and oxygen atoms in total. The molecular formula is C18H29NS. The van der Waals surface area contributed by atoms with Crippen LogP contribution in [0.15, 0.2) is 30.3 Å². The Kier molecular flexibility index (Phi) is 6.44. The highest BCUT2D eigenvalue weighted by Gasteiger charge is 2.22. The largest absolute Gasteiger partial charge is 0.313 e. The normalized spacial score (nSPS) is 24.8. The van der Waals surface area contributed by atoms with Crippen molar-refractivity contribution in [2.24, 2.45) is 5.92 Å². The first-order valence-corrected chi connectivity index (χ1v) is 9.30. The topological polar surface area (TPSA) is 12.0 Å². The molecule has 0 bridgehead atoms. The summed E-state index contributed by atoms with van der Waals surface area (Å²) < 4.78 is 0. The molecule has 0 saturated heterocycles. The summed E-state index contributed by atoms with van der Waals surface area (Å²) in [4.78, 5) is 0. The van der Waals surface area contributed by atoms with Crippen molar-refractivity contribution in [3.63, 3.8) is 0 Å². The van der Waals surface area contributed by atoms with Crippen LogP contribution >= 0.6 is 11.8 Å². The summed E-state index contributed by atoms with van der Waals surface area (Å²) in [6.07, 6.45) is 7.73. The first-order chi connectivity index (χ1) is 9.70. The monoisotopic (exact) mass is 291 g/mol. The van der Waals surface area contributed by atoms with Gasteiger partial charge in [-0.05, 0) is 49.3 Å². The molecule has 0 heterocycles. The van der Waals surface area contributed by atoms with Crippen molar-refractivity contribution in [2.75, 3.05) is 12.8 Å². The van der Waals surface area contributed by atoms with Crippen LogP contribution in [-0.4, -0.2) is 24.1 Å². The Hall–Kier alpha value is -0.470. The van der Waals surface area contributed by atoms with E-state index < -0.39 is 0 Å². The molecule has 1 saturated carbocycles. The Morgan fingerprint density at radius 1 is 1.10 bits per heavy atom. The van der Waals surface area contributed by atoms with E-state index in [1.165, 1.54) is 31.2 Å². The fourth-order valence-electron chi connectivity index (χ4n) is 3.23. The molecule has 1 aliphatic carbocycles. The van der Waals surface area contributed by atoms with Crippen LogP contribution < -0.4 is 5.32 Å². The van der Waals surface area contributed by atoms with Gasteiger partial charge < -0.3 is 5.32 Å². The third-order valence-corrected chi connectivity index (χ3v) is 5.80. The van der Waals surface area contributed by atoms with Gasteiger partial charge in [0.15, 0.2) is 0 Å². The molecule has 0 spiro atoms. The van der Waals surface area contributed by atoms with E-state index >= 15 is 0 Å². The number of hydrogen-bond donors (Lipinski definition) is 1. The SMILES string of the molecule is CSC1CCC(NCC(c2ccccc2)C(C)C)CC1. The molecule has 1 aromatic rings. The van der Waals surface area contributed by atoms with E-state index in [9.17, 15) is 0 Å². The quantitative estimate of drug-likeness (QED) is 0.816. The smallest absolute Gasteiger partial charge is 0.00681 e. The van der Waals surface area contributed by atoms with E-state index in [2.05, 4.69) is 55.8 Å². The maximum atomic E-state index is 3.84. The average molecular weight is 292 g/mol. The second-order valence-corrected chi connectivity index (χ2v) is 7.52. The number of thioether (sulfide) groups is 1. The molecule has 1 N–H and O–H groups in total. The van der Waals surface area contributed by atoms with Crippen LogP contribution in [0, 0.1) is 5.92 Å². The summed E-state index contributed by atoms with van der Waals surface area (Å²) in [5, 5.41) is 4.74. The Morgan fingerprint density at radius 3 is 2.30 bits per heavy atom. The highest BCUT2D eigenvalue weighted by Crippen LogP contribution is 2.28. The molecule has 1 aromatic carbocycles. The lowest BCUT2D eigenvalue weighted by Crippen LogP contribution is -2.37. The maximum Gasteiger partial charge on any atom is 0.00681 e. The summed E-state index contributed by atoms with van der Waals surface area (Å²) in [5.74, 6) is 1.32. The van der Waals surface area contributed by atoms with Gasteiger partial charge in [0.1, 0.15) is 0 Å². The van der Waals surface area contributed by atoms with Crippen molar-refractivity contribution in [3.05, 3.63) is 35.9 Å². The maximum absolute atomic E-state index is 3.84. The van der Waals surface area contributed by atoms with Crippen molar-refractivity contribution < 1.29 is 0 Å². The van der Waals surface area contributed by atoms with Crippen LogP contribution in [0.3, 0.4) is 0 Å². The Morgan fingerprint density at radius 2 is 1.75 bits per heavy atom. The van der Waals surface area contributed by atoms with Gasteiger partial charge in [0.2, 0.25) is 0 Å². The second-order valence-electron chi connectivity index (χ2n) is 6.38. The third kappa shape index (κ3) is 4.53. The second kappa shape index (κ2) is 8.09. The minimum Gasteiger partial charge on any atom is -0.313 e. The fraction of sp³-hybridized carbons (Fsp3) is 0.667. The first-order valence-electron chi connectivity index (χ1n) is 8.01.